The highest BCUT2D eigenvalue weighted by atomic mass is 79.9. The molecule has 0 spiro atoms. The van der Waals surface area contributed by atoms with Gasteiger partial charge in [-0.2, -0.15) is 0 Å². The summed E-state index contributed by atoms with van der Waals surface area (Å²) in [6.45, 7) is 0.148. The van der Waals surface area contributed by atoms with Crippen LogP contribution < -0.4 is 5.32 Å². The molecule has 1 aliphatic carbocycles. The van der Waals surface area contributed by atoms with E-state index in [-0.39, 0.29) is 12.5 Å². The van der Waals surface area contributed by atoms with Gasteiger partial charge in [0.2, 0.25) is 5.91 Å². The number of nitrogens with zero attached hydrogens (tertiary/aromatic N) is 4. The Morgan fingerprint density at radius 3 is 2.68 bits per heavy atom. The predicted molar refractivity (Wildman–Crippen MR) is 86.0 cm³/mol. The van der Waals surface area contributed by atoms with Crippen LogP contribution in [-0.4, -0.2) is 32.2 Å². The van der Waals surface area contributed by atoms with Crippen molar-refractivity contribution < 1.29 is 4.79 Å². The molecule has 116 valence electrons. The van der Waals surface area contributed by atoms with E-state index < -0.39 is 0 Å². The minimum Gasteiger partial charge on any atom is -0.352 e. The molecule has 7 heteroatoms. The van der Waals surface area contributed by atoms with Crippen LogP contribution in [0.25, 0.3) is 11.4 Å². The van der Waals surface area contributed by atoms with Crippen molar-refractivity contribution in [2.75, 3.05) is 0 Å². The van der Waals surface area contributed by atoms with Crippen LogP contribution in [0.1, 0.15) is 32.1 Å². The molecule has 1 aromatic heterocycles. The van der Waals surface area contributed by atoms with E-state index in [1.165, 1.54) is 19.3 Å². The van der Waals surface area contributed by atoms with Crippen molar-refractivity contribution in [1.82, 2.24) is 25.5 Å². The van der Waals surface area contributed by atoms with Crippen molar-refractivity contribution >= 4 is 21.8 Å². The summed E-state index contributed by atoms with van der Waals surface area (Å²) in [7, 11) is 0. The molecule has 0 aliphatic heterocycles. The molecule has 3 rings (SSSR count). The fraction of sp³-hybridized carbons (Fsp3) is 0.467. The van der Waals surface area contributed by atoms with Crippen LogP contribution in [-0.2, 0) is 11.3 Å². The largest absolute Gasteiger partial charge is 0.352 e. The number of benzene rings is 1. The zero-order valence-electron chi connectivity index (χ0n) is 12.2. The highest BCUT2D eigenvalue weighted by Crippen LogP contribution is 2.19. The van der Waals surface area contributed by atoms with E-state index in [2.05, 4.69) is 36.8 Å². The zero-order valence-corrected chi connectivity index (χ0v) is 13.8. The number of carbonyl (C=O) groups is 1. The Labute approximate surface area is 137 Å². The van der Waals surface area contributed by atoms with Crippen LogP contribution in [0.15, 0.2) is 28.7 Å². The third-order valence-corrected chi connectivity index (χ3v) is 4.43. The first-order valence-electron chi connectivity index (χ1n) is 7.54. The summed E-state index contributed by atoms with van der Waals surface area (Å²) in [5.74, 6) is 0.573. The maximum atomic E-state index is 12.2. The summed E-state index contributed by atoms with van der Waals surface area (Å²) in [4.78, 5) is 12.2. The van der Waals surface area contributed by atoms with Gasteiger partial charge in [-0.15, -0.1) is 5.10 Å². The Balaban J connectivity index is 1.66. The van der Waals surface area contributed by atoms with E-state index >= 15 is 0 Å². The maximum Gasteiger partial charge on any atom is 0.242 e. The van der Waals surface area contributed by atoms with Gasteiger partial charge in [0.1, 0.15) is 6.54 Å². The Bertz CT molecular complexity index is 634. The second-order valence-corrected chi connectivity index (χ2v) is 6.49. The quantitative estimate of drug-likeness (QED) is 0.905. The fourth-order valence-electron chi connectivity index (χ4n) is 2.77. The molecule has 0 unspecified atom stereocenters. The minimum absolute atomic E-state index is 0.0300. The molecular formula is C15H18BrN5O. The lowest BCUT2D eigenvalue weighted by Crippen LogP contribution is -2.38. The molecular weight excluding hydrogens is 346 g/mol. The smallest absolute Gasteiger partial charge is 0.242 e. The average molecular weight is 364 g/mol. The summed E-state index contributed by atoms with van der Waals surface area (Å²) in [6, 6.07) is 8.00. The van der Waals surface area contributed by atoms with Crippen LogP contribution in [0.3, 0.4) is 0 Å². The van der Waals surface area contributed by atoms with Crippen molar-refractivity contribution in [3.05, 3.63) is 28.7 Å². The summed E-state index contributed by atoms with van der Waals surface area (Å²) in [6.07, 6.45) is 5.80. The van der Waals surface area contributed by atoms with E-state index in [9.17, 15) is 4.79 Å². The molecule has 0 atom stereocenters. The first-order chi connectivity index (χ1) is 10.7. The highest BCUT2D eigenvalue weighted by molar-refractivity contribution is 9.10. The predicted octanol–water partition coefficient (Wildman–Crippen LogP) is 2.55. The summed E-state index contributed by atoms with van der Waals surface area (Å²) in [5.41, 5.74) is 0.888. The van der Waals surface area contributed by atoms with Gasteiger partial charge in [-0.05, 0) is 35.4 Å². The van der Waals surface area contributed by atoms with Gasteiger partial charge in [0.25, 0.3) is 0 Å². The van der Waals surface area contributed by atoms with E-state index in [1.807, 2.05) is 24.3 Å². The van der Waals surface area contributed by atoms with E-state index in [0.29, 0.717) is 11.9 Å². The van der Waals surface area contributed by atoms with Crippen LogP contribution in [0, 0.1) is 0 Å². The Kier molecular flexibility index (Phi) is 4.82. The van der Waals surface area contributed by atoms with Gasteiger partial charge in [-0.3, -0.25) is 4.79 Å². The third kappa shape index (κ3) is 3.71. The SMILES string of the molecule is O=C(Cn1nnnc1-c1ccc(Br)cc1)NC1CCCCC1. The van der Waals surface area contributed by atoms with Crippen molar-refractivity contribution in [2.45, 2.75) is 44.7 Å². The summed E-state index contributed by atoms with van der Waals surface area (Å²) in [5, 5.41) is 14.7. The van der Waals surface area contributed by atoms with Gasteiger partial charge < -0.3 is 5.32 Å². The first kappa shape index (κ1) is 15.1. The molecule has 1 aromatic carbocycles. The maximum absolute atomic E-state index is 12.2. The van der Waals surface area contributed by atoms with Crippen molar-refractivity contribution in [1.29, 1.82) is 0 Å². The molecule has 1 saturated carbocycles. The second kappa shape index (κ2) is 7.00. The van der Waals surface area contributed by atoms with E-state index in [4.69, 9.17) is 0 Å². The Morgan fingerprint density at radius 1 is 1.23 bits per heavy atom. The number of aromatic nitrogens is 4. The standard InChI is InChI=1S/C15H18BrN5O/c16-12-8-6-11(7-9-12)15-18-19-20-21(15)10-14(22)17-13-4-2-1-3-5-13/h6-9,13H,1-5,10H2,(H,17,22). The van der Waals surface area contributed by atoms with E-state index in [1.54, 1.807) is 4.68 Å². The molecule has 2 aromatic rings. The third-order valence-electron chi connectivity index (χ3n) is 3.90. The number of carbonyl (C=O) groups excluding carboxylic acids is 1. The Morgan fingerprint density at radius 2 is 1.95 bits per heavy atom. The molecule has 0 bridgehead atoms. The molecule has 0 radical (unpaired) electrons. The van der Waals surface area contributed by atoms with Crippen molar-refractivity contribution in [2.24, 2.45) is 0 Å². The first-order valence-corrected chi connectivity index (χ1v) is 8.33. The van der Waals surface area contributed by atoms with Crippen LogP contribution in [0.4, 0.5) is 0 Å². The minimum atomic E-state index is -0.0300. The lowest BCUT2D eigenvalue weighted by atomic mass is 9.95. The van der Waals surface area contributed by atoms with Gasteiger partial charge in [0, 0.05) is 16.1 Å². The van der Waals surface area contributed by atoms with Gasteiger partial charge in [-0.1, -0.05) is 47.3 Å². The fourth-order valence-corrected chi connectivity index (χ4v) is 3.04. The van der Waals surface area contributed by atoms with Gasteiger partial charge in [0.05, 0.1) is 0 Å². The molecule has 1 aliphatic rings. The van der Waals surface area contributed by atoms with Crippen LogP contribution >= 0.6 is 15.9 Å². The van der Waals surface area contributed by atoms with Gasteiger partial charge in [-0.25, -0.2) is 4.68 Å². The summed E-state index contributed by atoms with van der Waals surface area (Å²) < 4.78 is 2.53. The molecule has 1 fully saturated rings. The zero-order chi connectivity index (χ0) is 15.4. The number of tetrazole rings is 1. The number of hydrogen-bond donors (Lipinski definition) is 1. The normalized spacial score (nSPS) is 15.7. The summed E-state index contributed by atoms with van der Waals surface area (Å²) >= 11 is 3.40. The number of nitrogens with one attached hydrogen (secondary N) is 1. The van der Waals surface area contributed by atoms with Crippen molar-refractivity contribution in [3.8, 4) is 11.4 Å². The van der Waals surface area contributed by atoms with E-state index in [0.717, 1.165) is 22.9 Å². The molecule has 1 amide bonds. The second-order valence-electron chi connectivity index (χ2n) is 5.57. The molecule has 0 saturated heterocycles. The number of hydrogen-bond acceptors (Lipinski definition) is 4. The van der Waals surface area contributed by atoms with Crippen LogP contribution in [0.5, 0.6) is 0 Å². The van der Waals surface area contributed by atoms with Gasteiger partial charge >= 0.3 is 0 Å². The monoisotopic (exact) mass is 363 g/mol. The van der Waals surface area contributed by atoms with Crippen molar-refractivity contribution in [3.63, 3.8) is 0 Å². The van der Waals surface area contributed by atoms with Gasteiger partial charge in [0.15, 0.2) is 5.82 Å². The molecule has 1 heterocycles. The lowest BCUT2D eigenvalue weighted by Gasteiger charge is -2.22. The number of rotatable bonds is 4. The molecule has 1 N–H and O–H groups in total. The number of amides is 1. The molecule has 6 nitrogen and oxygen atoms in total. The Hall–Kier alpha value is -1.76. The average Bonchev–Trinajstić information content (AvgIpc) is 2.97. The topological polar surface area (TPSA) is 72.7 Å². The highest BCUT2D eigenvalue weighted by Gasteiger charge is 2.17. The van der Waals surface area contributed by atoms with Crippen LogP contribution in [0.2, 0.25) is 0 Å². The number of halogens is 1. The lowest BCUT2D eigenvalue weighted by molar-refractivity contribution is -0.122. The molecule has 22 heavy (non-hydrogen) atoms.